The van der Waals surface area contributed by atoms with Crippen LogP contribution in [-0.2, 0) is 38.8 Å². The highest BCUT2D eigenvalue weighted by Crippen LogP contribution is 2.26. The van der Waals surface area contributed by atoms with Crippen molar-refractivity contribution in [3.05, 3.63) is 77.4 Å². The first-order valence-electron chi connectivity index (χ1n) is 9.84. The SMILES string of the molecule is CCS(=O)(=O)N1CCc2ccc(NS(=O)(=O)Cc3cccc4ccccc34)cc2C1. The van der Waals surface area contributed by atoms with Crippen molar-refractivity contribution in [2.75, 3.05) is 17.0 Å². The molecule has 1 aliphatic rings. The van der Waals surface area contributed by atoms with Crippen LogP contribution >= 0.6 is 0 Å². The van der Waals surface area contributed by atoms with E-state index in [2.05, 4.69) is 4.72 Å². The van der Waals surface area contributed by atoms with E-state index in [4.69, 9.17) is 0 Å². The number of fused-ring (bicyclic) bond motifs is 2. The van der Waals surface area contributed by atoms with Crippen LogP contribution in [-0.4, -0.2) is 33.4 Å². The number of anilines is 1. The molecule has 0 saturated carbocycles. The van der Waals surface area contributed by atoms with E-state index in [-0.39, 0.29) is 18.1 Å². The van der Waals surface area contributed by atoms with Gasteiger partial charge in [0, 0.05) is 18.8 Å². The topological polar surface area (TPSA) is 83.6 Å². The second-order valence-electron chi connectivity index (χ2n) is 7.47. The van der Waals surface area contributed by atoms with E-state index >= 15 is 0 Å². The highest BCUT2D eigenvalue weighted by atomic mass is 32.2. The lowest BCUT2D eigenvalue weighted by molar-refractivity contribution is 0.392. The summed E-state index contributed by atoms with van der Waals surface area (Å²) < 4.78 is 54.2. The fourth-order valence-corrected chi connectivity index (χ4v) is 6.14. The minimum Gasteiger partial charge on any atom is -0.283 e. The zero-order valence-corrected chi connectivity index (χ0v) is 18.3. The number of nitrogens with one attached hydrogen (secondary N) is 1. The highest BCUT2D eigenvalue weighted by Gasteiger charge is 2.25. The molecule has 3 aromatic carbocycles. The third-order valence-electron chi connectivity index (χ3n) is 5.44. The zero-order valence-electron chi connectivity index (χ0n) is 16.7. The molecule has 0 radical (unpaired) electrons. The molecule has 8 heteroatoms. The summed E-state index contributed by atoms with van der Waals surface area (Å²) in [5.74, 6) is -0.0819. The van der Waals surface area contributed by atoms with Gasteiger partial charge >= 0.3 is 0 Å². The van der Waals surface area contributed by atoms with Gasteiger partial charge in [0.25, 0.3) is 0 Å². The van der Waals surface area contributed by atoms with E-state index < -0.39 is 20.0 Å². The lowest BCUT2D eigenvalue weighted by Crippen LogP contribution is -2.36. The van der Waals surface area contributed by atoms with Crippen molar-refractivity contribution in [3.63, 3.8) is 0 Å². The summed E-state index contributed by atoms with van der Waals surface area (Å²) in [6, 6.07) is 18.7. The molecule has 3 aromatic rings. The van der Waals surface area contributed by atoms with Crippen LogP contribution in [0.3, 0.4) is 0 Å². The number of sulfonamides is 2. The Morgan fingerprint density at radius 3 is 2.50 bits per heavy atom. The number of hydrogen-bond donors (Lipinski definition) is 1. The monoisotopic (exact) mass is 444 g/mol. The Morgan fingerprint density at radius 2 is 1.70 bits per heavy atom. The van der Waals surface area contributed by atoms with Crippen LogP contribution in [0.25, 0.3) is 10.8 Å². The Labute approximate surface area is 177 Å². The molecule has 0 aromatic heterocycles. The third kappa shape index (κ3) is 4.35. The molecule has 30 heavy (non-hydrogen) atoms. The largest absolute Gasteiger partial charge is 0.283 e. The van der Waals surface area contributed by atoms with Crippen LogP contribution in [0, 0.1) is 0 Å². The average molecular weight is 445 g/mol. The number of benzene rings is 3. The standard InChI is InChI=1S/C22H24N2O4S2/c1-2-30(27,28)24-13-12-17-10-11-21(14-20(17)15-24)23-29(25,26)16-19-8-5-7-18-6-3-4-9-22(18)19/h3-11,14,23H,2,12-13,15-16H2,1H3. The van der Waals surface area contributed by atoms with Crippen LogP contribution in [0.15, 0.2) is 60.7 Å². The first-order chi connectivity index (χ1) is 14.3. The predicted molar refractivity (Wildman–Crippen MR) is 120 cm³/mol. The molecule has 0 amide bonds. The van der Waals surface area contributed by atoms with Gasteiger partial charge in [-0.05, 0) is 52.9 Å². The maximum Gasteiger partial charge on any atom is 0.236 e. The first kappa shape index (κ1) is 20.8. The molecule has 6 nitrogen and oxygen atoms in total. The fourth-order valence-electron chi connectivity index (χ4n) is 3.85. The van der Waals surface area contributed by atoms with Gasteiger partial charge in [-0.25, -0.2) is 16.8 Å². The van der Waals surface area contributed by atoms with Crippen LogP contribution < -0.4 is 4.72 Å². The van der Waals surface area contributed by atoms with Crippen LogP contribution in [0.2, 0.25) is 0 Å². The summed E-state index contributed by atoms with van der Waals surface area (Å²) in [4.78, 5) is 0. The smallest absolute Gasteiger partial charge is 0.236 e. The highest BCUT2D eigenvalue weighted by molar-refractivity contribution is 7.92. The molecule has 1 heterocycles. The van der Waals surface area contributed by atoms with Crippen LogP contribution in [0.1, 0.15) is 23.6 Å². The number of rotatable bonds is 6. The molecule has 158 valence electrons. The maximum atomic E-state index is 12.8. The molecule has 4 rings (SSSR count). The van der Waals surface area contributed by atoms with Gasteiger partial charge in [0.15, 0.2) is 0 Å². The average Bonchev–Trinajstić information content (AvgIpc) is 2.73. The Balaban J connectivity index is 1.56. The summed E-state index contributed by atoms with van der Waals surface area (Å²) in [6.45, 7) is 2.35. The molecule has 1 aliphatic heterocycles. The van der Waals surface area contributed by atoms with Crippen molar-refractivity contribution < 1.29 is 16.8 Å². The summed E-state index contributed by atoms with van der Waals surface area (Å²) in [6.07, 6.45) is 0.623. The lowest BCUT2D eigenvalue weighted by Gasteiger charge is -2.28. The molecule has 0 aliphatic carbocycles. The van der Waals surface area contributed by atoms with Gasteiger partial charge in [0.05, 0.1) is 11.5 Å². The van der Waals surface area contributed by atoms with Gasteiger partial charge < -0.3 is 0 Å². The molecule has 0 fully saturated rings. The predicted octanol–water partition coefficient (Wildman–Crippen LogP) is 3.49. The summed E-state index contributed by atoms with van der Waals surface area (Å²) in [7, 11) is -6.91. The van der Waals surface area contributed by atoms with E-state index in [1.807, 2.05) is 48.5 Å². The van der Waals surface area contributed by atoms with E-state index in [9.17, 15) is 16.8 Å². The van der Waals surface area contributed by atoms with Gasteiger partial charge in [0.1, 0.15) is 0 Å². The van der Waals surface area contributed by atoms with Gasteiger partial charge in [-0.3, -0.25) is 4.72 Å². The van der Waals surface area contributed by atoms with Crippen molar-refractivity contribution in [3.8, 4) is 0 Å². The van der Waals surface area contributed by atoms with Gasteiger partial charge in [-0.15, -0.1) is 0 Å². The van der Waals surface area contributed by atoms with Crippen molar-refractivity contribution in [2.45, 2.75) is 25.6 Å². The maximum absolute atomic E-state index is 12.8. The summed E-state index contributed by atoms with van der Waals surface area (Å²) in [5.41, 5.74) is 3.07. The summed E-state index contributed by atoms with van der Waals surface area (Å²) >= 11 is 0. The summed E-state index contributed by atoms with van der Waals surface area (Å²) in [5, 5.41) is 1.91. The Bertz CT molecular complexity index is 1300. The first-order valence-corrected chi connectivity index (χ1v) is 13.1. The molecule has 0 atom stereocenters. The van der Waals surface area contributed by atoms with Crippen LogP contribution in [0.5, 0.6) is 0 Å². The minimum absolute atomic E-state index is 0.0552. The van der Waals surface area contributed by atoms with Gasteiger partial charge in [0.2, 0.25) is 20.0 Å². The number of nitrogens with zero attached hydrogens (tertiary/aromatic N) is 1. The third-order valence-corrected chi connectivity index (χ3v) is 8.51. The van der Waals surface area contributed by atoms with E-state index in [1.54, 1.807) is 19.1 Å². The molecule has 0 unspecified atom stereocenters. The van der Waals surface area contributed by atoms with Crippen LogP contribution in [0.4, 0.5) is 5.69 Å². The molecule has 1 N–H and O–H groups in total. The van der Waals surface area contributed by atoms with Crippen molar-refractivity contribution in [1.29, 1.82) is 0 Å². The molecule has 0 bridgehead atoms. The Kier molecular flexibility index (Phi) is 5.57. The van der Waals surface area contributed by atoms with Crippen molar-refractivity contribution >= 4 is 36.5 Å². The Hall–Kier alpha value is -2.42. The van der Waals surface area contributed by atoms with E-state index in [0.717, 1.165) is 27.5 Å². The molecular weight excluding hydrogens is 420 g/mol. The molecule has 0 spiro atoms. The van der Waals surface area contributed by atoms with E-state index in [1.165, 1.54) is 4.31 Å². The second-order valence-corrected chi connectivity index (χ2v) is 11.4. The quantitative estimate of drug-likeness (QED) is 0.631. The second kappa shape index (κ2) is 8.02. The Morgan fingerprint density at radius 1 is 0.933 bits per heavy atom. The van der Waals surface area contributed by atoms with Crippen molar-refractivity contribution in [1.82, 2.24) is 4.31 Å². The zero-order chi connectivity index (χ0) is 21.4. The normalized spacial score (nSPS) is 15.1. The number of hydrogen-bond acceptors (Lipinski definition) is 4. The van der Waals surface area contributed by atoms with Crippen molar-refractivity contribution in [2.24, 2.45) is 0 Å². The molecule has 0 saturated heterocycles. The lowest BCUT2D eigenvalue weighted by atomic mass is 10.0. The van der Waals surface area contributed by atoms with Gasteiger partial charge in [-0.1, -0.05) is 48.5 Å². The fraction of sp³-hybridized carbons (Fsp3) is 0.273. The molecular formula is C22H24N2O4S2. The van der Waals surface area contributed by atoms with E-state index in [0.29, 0.717) is 18.7 Å². The van der Waals surface area contributed by atoms with Gasteiger partial charge in [-0.2, -0.15) is 4.31 Å². The minimum atomic E-state index is -3.63.